The zero-order valence-corrected chi connectivity index (χ0v) is 12.6. The summed E-state index contributed by atoms with van der Waals surface area (Å²) in [4.78, 5) is 26.7. The van der Waals surface area contributed by atoms with Crippen LogP contribution in [0.4, 0.5) is 0 Å². The molecule has 0 bridgehead atoms. The highest BCUT2D eigenvalue weighted by Crippen LogP contribution is 2.27. The Morgan fingerprint density at radius 1 is 1.05 bits per heavy atom. The second kappa shape index (κ2) is 5.46. The molecule has 7 nitrogen and oxygen atoms in total. The monoisotopic (exact) mass is 291 g/mol. The molecule has 0 N–H and O–H groups in total. The second-order valence-corrected chi connectivity index (χ2v) is 5.87. The molecule has 0 saturated carbocycles. The van der Waals surface area contributed by atoms with Crippen LogP contribution in [-0.2, 0) is 22.7 Å². The lowest BCUT2D eigenvalue weighted by Gasteiger charge is -2.33. The summed E-state index contributed by atoms with van der Waals surface area (Å²) in [7, 11) is 0. The van der Waals surface area contributed by atoms with Crippen LogP contribution in [0.5, 0.6) is 0 Å². The summed E-state index contributed by atoms with van der Waals surface area (Å²) in [5, 5.41) is 8.60. The summed E-state index contributed by atoms with van der Waals surface area (Å²) in [6.07, 6.45) is 2.05. The molecule has 2 amide bonds. The Hall–Kier alpha value is -1.92. The van der Waals surface area contributed by atoms with E-state index < -0.39 is 0 Å². The smallest absolute Gasteiger partial charge is 0.219 e. The molecule has 1 saturated heterocycles. The molecule has 114 valence electrons. The minimum atomic E-state index is 0.0752. The van der Waals surface area contributed by atoms with Crippen molar-refractivity contribution in [1.29, 1.82) is 0 Å². The van der Waals surface area contributed by atoms with Gasteiger partial charge in [0.05, 0.1) is 6.54 Å². The molecule has 3 rings (SSSR count). The van der Waals surface area contributed by atoms with Crippen molar-refractivity contribution in [3.05, 3.63) is 11.6 Å². The molecule has 21 heavy (non-hydrogen) atoms. The van der Waals surface area contributed by atoms with Gasteiger partial charge in [-0.15, -0.1) is 10.2 Å². The molecule has 2 aliphatic heterocycles. The van der Waals surface area contributed by atoms with Gasteiger partial charge in [-0.25, -0.2) is 0 Å². The van der Waals surface area contributed by atoms with E-state index in [1.165, 1.54) is 0 Å². The van der Waals surface area contributed by atoms with Gasteiger partial charge in [0, 0.05) is 45.9 Å². The topological polar surface area (TPSA) is 71.3 Å². The van der Waals surface area contributed by atoms with Crippen LogP contribution in [0.25, 0.3) is 0 Å². The Bertz CT molecular complexity index is 568. The Kier molecular flexibility index (Phi) is 3.65. The average molecular weight is 291 g/mol. The summed E-state index contributed by atoms with van der Waals surface area (Å²) >= 11 is 0. The Morgan fingerprint density at radius 2 is 1.81 bits per heavy atom. The molecular formula is C14H21N5O2. The molecule has 1 fully saturated rings. The first kappa shape index (κ1) is 14.0. The van der Waals surface area contributed by atoms with Crippen molar-refractivity contribution in [1.82, 2.24) is 24.6 Å². The van der Waals surface area contributed by atoms with Crippen LogP contribution < -0.4 is 0 Å². The number of hydrogen-bond acceptors (Lipinski definition) is 4. The summed E-state index contributed by atoms with van der Waals surface area (Å²) < 4.78 is 2.13. The van der Waals surface area contributed by atoms with Crippen LogP contribution in [0.1, 0.15) is 44.3 Å². The third kappa shape index (κ3) is 2.64. The van der Waals surface area contributed by atoms with Crippen molar-refractivity contribution < 1.29 is 9.59 Å². The predicted molar refractivity (Wildman–Crippen MR) is 75.3 cm³/mol. The Balaban J connectivity index is 1.79. The van der Waals surface area contributed by atoms with Crippen molar-refractivity contribution in [3.8, 4) is 0 Å². The minimum absolute atomic E-state index is 0.0752. The predicted octanol–water partition coefficient (Wildman–Crippen LogP) is 0.366. The van der Waals surface area contributed by atoms with Gasteiger partial charge in [-0.2, -0.15) is 0 Å². The zero-order valence-electron chi connectivity index (χ0n) is 12.6. The molecule has 1 aromatic rings. The lowest BCUT2D eigenvalue weighted by molar-refractivity contribution is -0.131. The van der Waals surface area contributed by atoms with Crippen molar-refractivity contribution >= 4 is 11.8 Å². The molecule has 0 aromatic carbocycles. The van der Waals surface area contributed by atoms with Gasteiger partial charge in [-0.1, -0.05) is 0 Å². The zero-order chi connectivity index (χ0) is 15.0. The number of likely N-dealkylation sites (tertiary alicyclic amines) is 1. The maximum Gasteiger partial charge on any atom is 0.219 e. The molecular weight excluding hydrogens is 270 g/mol. The highest BCUT2D eigenvalue weighted by molar-refractivity contribution is 5.73. The van der Waals surface area contributed by atoms with Crippen LogP contribution in [-0.4, -0.2) is 56.0 Å². The quantitative estimate of drug-likeness (QED) is 0.749. The molecule has 1 aromatic heterocycles. The lowest BCUT2D eigenvalue weighted by Crippen LogP contribution is -2.40. The van der Waals surface area contributed by atoms with E-state index in [0.29, 0.717) is 13.1 Å². The van der Waals surface area contributed by atoms with E-state index in [4.69, 9.17) is 0 Å². The molecule has 0 radical (unpaired) electrons. The van der Waals surface area contributed by atoms with Crippen LogP contribution in [0.15, 0.2) is 0 Å². The number of amides is 2. The largest absolute Gasteiger partial charge is 0.342 e. The molecule has 0 aliphatic carbocycles. The Morgan fingerprint density at radius 3 is 2.52 bits per heavy atom. The first-order chi connectivity index (χ1) is 10.1. The van der Waals surface area contributed by atoms with E-state index in [0.717, 1.165) is 44.1 Å². The lowest BCUT2D eigenvalue weighted by atomic mass is 9.97. The van der Waals surface area contributed by atoms with Gasteiger partial charge < -0.3 is 14.4 Å². The summed E-state index contributed by atoms with van der Waals surface area (Å²) in [6.45, 7) is 6.75. The number of piperidine rings is 1. The van der Waals surface area contributed by atoms with Crippen LogP contribution >= 0.6 is 0 Å². The minimum Gasteiger partial charge on any atom is -0.342 e. The number of hydrogen-bond donors (Lipinski definition) is 0. The van der Waals surface area contributed by atoms with Crippen molar-refractivity contribution in [3.63, 3.8) is 0 Å². The highest BCUT2D eigenvalue weighted by Gasteiger charge is 2.30. The Labute approximate surface area is 123 Å². The average Bonchev–Trinajstić information content (AvgIpc) is 2.90. The van der Waals surface area contributed by atoms with Crippen molar-refractivity contribution in [2.24, 2.45) is 0 Å². The maximum absolute atomic E-state index is 11.6. The summed E-state index contributed by atoms with van der Waals surface area (Å²) in [6, 6.07) is 0. The fourth-order valence-corrected chi connectivity index (χ4v) is 3.22. The number of aromatic nitrogens is 3. The van der Waals surface area contributed by atoms with E-state index in [1.54, 1.807) is 18.7 Å². The van der Waals surface area contributed by atoms with E-state index in [-0.39, 0.29) is 17.7 Å². The van der Waals surface area contributed by atoms with Gasteiger partial charge in [-0.05, 0) is 12.8 Å². The number of rotatable bonds is 1. The fourth-order valence-electron chi connectivity index (χ4n) is 3.22. The second-order valence-electron chi connectivity index (χ2n) is 5.87. The standard InChI is InChI=1S/C14H21N5O2/c1-10(20)17-5-3-4-12(8-17)14-16-15-13-9-18(11(2)21)6-7-19(13)14/h12H,3-9H2,1-2H3. The molecule has 2 aliphatic rings. The SMILES string of the molecule is CC(=O)N1CCn2c(nnc2C2CCCN(C(C)=O)C2)C1. The first-order valence-electron chi connectivity index (χ1n) is 7.49. The van der Waals surface area contributed by atoms with Crippen molar-refractivity contribution in [2.75, 3.05) is 19.6 Å². The number of carbonyl (C=O) groups is 2. The number of carbonyl (C=O) groups excluding carboxylic acids is 2. The van der Waals surface area contributed by atoms with Gasteiger partial charge in [0.15, 0.2) is 5.82 Å². The van der Waals surface area contributed by atoms with Crippen LogP contribution in [0.2, 0.25) is 0 Å². The maximum atomic E-state index is 11.6. The highest BCUT2D eigenvalue weighted by atomic mass is 16.2. The van der Waals surface area contributed by atoms with Gasteiger partial charge in [-0.3, -0.25) is 9.59 Å². The molecule has 1 unspecified atom stereocenters. The third-order valence-corrected chi connectivity index (χ3v) is 4.46. The van der Waals surface area contributed by atoms with Crippen molar-refractivity contribution in [2.45, 2.75) is 45.7 Å². The molecule has 7 heteroatoms. The number of nitrogens with zero attached hydrogens (tertiary/aromatic N) is 5. The number of fused-ring (bicyclic) bond motifs is 1. The van der Waals surface area contributed by atoms with Gasteiger partial charge in [0.1, 0.15) is 5.82 Å². The van der Waals surface area contributed by atoms with E-state index in [9.17, 15) is 9.59 Å². The normalized spacial score (nSPS) is 22.1. The summed E-state index contributed by atoms with van der Waals surface area (Å²) in [5.74, 6) is 2.28. The van der Waals surface area contributed by atoms with E-state index >= 15 is 0 Å². The third-order valence-electron chi connectivity index (χ3n) is 4.46. The fraction of sp³-hybridized carbons (Fsp3) is 0.714. The first-order valence-corrected chi connectivity index (χ1v) is 7.49. The van der Waals surface area contributed by atoms with Gasteiger partial charge in [0.25, 0.3) is 0 Å². The van der Waals surface area contributed by atoms with Crippen LogP contribution in [0.3, 0.4) is 0 Å². The van der Waals surface area contributed by atoms with Crippen LogP contribution in [0, 0.1) is 0 Å². The van der Waals surface area contributed by atoms with Gasteiger partial charge in [0.2, 0.25) is 11.8 Å². The van der Waals surface area contributed by atoms with Gasteiger partial charge >= 0.3 is 0 Å². The molecule has 3 heterocycles. The van der Waals surface area contributed by atoms with E-state index in [2.05, 4.69) is 14.8 Å². The molecule has 0 spiro atoms. The van der Waals surface area contributed by atoms with E-state index in [1.807, 2.05) is 4.90 Å². The molecule has 1 atom stereocenters. The summed E-state index contributed by atoms with van der Waals surface area (Å²) in [5.41, 5.74) is 0.